The molecule has 0 aliphatic carbocycles. The van der Waals surface area contributed by atoms with Gasteiger partial charge in [0.2, 0.25) is 0 Å². The van der Waals surface area contributed by atoms with Crippen molar-refractivity contribution in [2.45, 2.75) is 39.7 Å². The van der Waals surface area contributed by atoms with E-state index >= 15 is 0 Å². The van der Waals surface area contributed by atoms with E-state index in [2.05, 4.69) is 15.3 Å². The van der Waals surface area contributed by atoms with Gasteiger partial charge >= 0.3 is 5.97 Å². The summed E-state index contributed by atoms with van der Waals surface area (Å²) in [6.07, 6.45) is 2.52. The minimum absolute atomic E-state index is 0.0161. The van der Waals surface area contributed by atoms with Gasteiger partial charge in [0.05, 0.1) is 6.10 Å². The van der Waals surface area contributed by atoms with Gasteiger partial charge in [-0.2, -0.15) is 0 Å². The minimum Gasteiger partial charge on any atom is -0.477 e. The lowest BCUT2D eigenvalue weighted by Crippen LogP contribution is -2.28. The van der Waals surface area contributed by atoms with Gasteiger partial charge in [-0.1, -0.05) is 26.7 Å². The number of carboxylic acids is 1. The smallest absolute Gasteiger partial charge is 0.341 e. The predicted octanol–water partition coefficient (Wildman–Crippen LogP) is 1.69. The SMILES string of the molecule is CCC(CC)C(O)CNc1nc(C)ncc1C(=O)O. The molecule has 1 heterocycles. The van der Waals surface area contributed by atoms with Crippen LogP contribution in [0.4, 0.5) is 5.82 Å². The second-order valence-electron chi connectivity index (χ2n) is 4.51. The topological polar surface area (TPSA) is 95.3 Å². The zero-order valence-corrected chi connectivity index (χ0v) is 11.6. The summed E-state index contributed by atoms with van der Waals surface area (Å²) in [7, 11) is 0. The third kappa shape index (κ3) is 4.17. The van der Waals surface area contributed by atoms with Gasteiger partial charge in [-0.15, -0.1) is 0 Å². The second kappa shape index (κ2) is 7.04. The number of rotatable bonds is 7. The van der Waals surface area contributed by atoms with E-state index in [0.29, 0.717) is 5.82 Å². The number of aliphatic hydroxyl groups excluding tert-OH is 1. The zero-order chi connectivity index (χ0) is 14.4. The maximum atomic E-state index is 11.0. The second-order valence-corrected chi connectivity index (χ2v) is 4.51. The number of carboxylic acid groups (broad SMARTS) is 1. The Morgan fingerprint density at radius 3 is 2.58 bits per heavy atom. The monoisotopic (exact) mass is 267 g/mol. The van der Waals surface area contributed by atoms with Crippen molar-refractivity contribution in [1.29, 1.82) is 0 Å². The Hall–Kier alpha value is -1.69. The molecular weight excluding hydrogens is 246 g/mol. The molecule has 0 bridgehead atoms. The molecule has 6 heteroatoms. The van der Waals surface area contributed by atoms with Gasteiger partial charge in [0.1, 0.15) is 17.2 Å². The first-order chi connectivity index (χ1) is 8.99. The summed E-state index contributed by atoms with van der Waals surface area (Å²) in [5.74, 6) is -0.141. The van der Waals surface area contributed by atoms with Crippen molar-refractivity contribution in [3.63, 3.8) is 0 Å². The first-order valence-corrected chi connectivity index (χ1v) is 6.48. The molecule has 6 nitrogen and oxygen atoms in total. The van der Waals surface area contributed by atoms with Crippen LogP contribution in [-0.4, -0.2) is 38.8 Å². The number of aromatic nitrogens is 2. The number of nitrogens with zero attached hydrogens (tertiary/aromatic N) is 2. The molecule has 0 radical (unpaired) electrons. The van der Waals surface area contributed by atoms with Crippen LogP contribution in [0.1, 0.15) is 42.9 Å². The fourth-order valence-electron chi connectivity index (χ4n) is 1.96. The number of aliphatic hydroxyl groups is 1. The molecule has 0 aliphatic rings. The highest BCUT2D eigenvalue weighted by Crippen LogP contribution is 2.16. The van der Waals surface area contributed by atoms with Crippen LogP contribution in [0.2, 0.25) is 0 Å². The molecule has 0 saturated heterocycles. The molecular formula is C13H21N3O3. The molecule has 0 spiro atoms. The Kier molecular flexibility index (Phi) is 5.69. The molecule has 0 aliphatic heterocycles. The van der Waals surface area contributed by atoms with Gasteiger partial charge in [-0.05, 0) is 12.8 Å². The van der Waals surface area contributed by atoms with Crippen molar-refractivity contribution in [2.75, 3.05) is 11.9 Å². The standard InChI is InChI=1S/C13H21N3O3/c1-4-9(5-2)11(17)7-15-12-10(13(18)19)6-14-8(3)16-12/h6,9,11,17H,4-5,7H2,1-3H3,(H,18,19)(H,14,15,16). The molecule has 1 atom stereocenters. The van der Waals surface area contributed by atoms with E-state index in [1.54, 1.807) is 6.92 Å². The van der Waals surface area contributed by atoms with E-state index in [1.807, 2.05) is 13.8 Å². The van der Waals surface area contributed by atoms with E-state index in [9.17, 15) is 9.90 Å². The number of hydrogen-bond acceptors (Lipinski definition) is 5. The summed E-state index contributed by atoms with van der Waals surface area (Å²) in [5.41, 5.74) is 0.0161. The van der Waals surface area contributed by atoms with E-state index in [4.69, 9.17) is 5.11 Å². The van der Waals surface area contributed by atoms with Crippen LogP contribution in [0.5, 0.6) is 0 Å². The van der Waals surface area contributed by atoms with Crippen LogP contribution in [0.25, 0.3) is 0 Å². The van der Waals surface area contributed by atoms with Crippen LogP contribution in [0.15, 0.2) is 6.20 Å². The van der Waals surface area contributed by atoms with Crippen molar-refractivity contribution < 1.29 is 15.0 Å². The number of aromatic carboxylic acids is 1. The van der Waals surface area contributed by atoms with E-state index in [-0.39, 0.29) is 23.8 Å². The van der Waals surface area contributed by atoms with Gasteiger partial charge in [0, 0.05) is 12.7 Å². The van der Waals surface area contributed by atoms with Crippen LogP contribution in [-0.2, 0) is 0 Å². The van der Waals surface area contributed by atoms with Crippen molar-refractivity contribution in [3.8, 4) is 0 Å². The zero-order valence-electron chi connectivity index (χ0n) is 11.6. The minimum atomic E-state index is -1.08. The van der Waals surface area contributed by atoms with Crippen molar-refractivity contribution in [1.82, 2.24) is 9.97 Å². The average Bonchev–Trinajstić information content (AvgIpc) is 2.37. The Morgan fingerprint density at radius 2 is 2.05 bits per heavy atom. The summed E-state index contributed by atoms with van der Waals surface area (Å²) < 4.78 is 0. The summed E-state index contributed by atoms with van der Waals surface area (Å²) in [6.45, 7) is 6.01. The lowest BCUT2D eigenvalue weighted by Gasteiger charge is -2.21. The van der Waals surface area contributed by atoms with E-state index < -0.39 is 12.1 Å². The summed E-state index contributed by atoms with van der Waals surface area (Å²) in [5, 5.41) is 22.0. The number of hydrogen-bond donors (Lipinski definition) is 3. The first-order valence-electron chi connectivity index (χ1n) is 6.48. The summed E-state index contributed by atoms with van der Waals surface area (Å²) in [4.78, 5) is 19.0. The van der Waals surface area contributed by atoms with Gasteiger partial charge in [-0.3, -0.25) is 0 Å². The Labute approximate surface area is 112 Å². The molecule has 0 fully saturated rings. The normalized spacial score (nSPS) is 12.5. The third-order valence-corrected chi connectivity index (χ3v) is 3.21. The highest BCUT2D eigenvalue weighted by molar-refractivity contribution is 5.92. The van der Waals surface area contributed by atoms with E-state index in [1.165, 1.54) is 6.20 Å². The van der Waals surface area contributed by atoms with Gasteiger partial charge in [0.25, 0.3) is 0 Å². The number of nitrogens with one attached hydrogen (secondary N) is 1. The molecule has 1 aromatic rings. The molecule has 19 heavy (non-hydrogen) atoms. The number of carbonyl (C=O) groups is 1. The number of anilines is 1. The molecule has 0 aromatic carbocycles. The van der Waals surface area contributed by atoms with Gasteiger partial charge < -0.3 is 15.5 Å². The Morgan fingerprint density at radius 1 is 1.42 bits per heavy atom. The van der Waals surface area contributed by atoms with Crippen LogP contribution < -0.4 is 5.32 Å². The molecule has 1 aromatic heterocycles. The van der Waals surface area contributed by atoms with Crippen molar-refractivity contribution in [3.05, 3.63) is 17.6 Å². The quantitative estimate of drug-likeness (QED) is 0.696. The summed E-state index contributed by atoms with van der Waals surface area (Å²) in [6, 6.07) is 0. The van der Waals surface area contributed by atoms with Gasteiger partial charge in [0.15, 0.2) is 0 Å². The largest absolute Gasteiger partial charge is 0.477 e. The Bertz CT molecular complexity index is 433. The van der Waals surface area contributed by atoms with Crippen LogP contribution in [0.3, 0.4) is 0 Å². The molecule has 3 N–H and O–H groups in total. The highest BCUT2D eigenvalue weighted by Gasteiger charge is 2.17. The maximum absolute atomic E-state index is 11.0. The predicted molar refractivity (Wildman–Crippen MR) is 72.3 cm³/mol. The highest BCUT2D eigenvalue weighted by atomic mass is 16.4. The summed E-state index contributed by atoms with van der Waals surface area (Å²) >= 11 is 0. The molecule has 1 rings (SSSR count). The fraction of sp³-hybridized carbons (Fsp3) is 0.615. The van der Waals surface area contributed by atoms with Crippen LogP contribution >= 0.6 is 0 Å². The lowest BCUT2D eigenvalue weighted by atomic mass is 9.96. The molecule has 106 valence electrons. The first kappa shape index (κ1) is 15.4. The van der Waals surface area contributed by atoms with Crippen LogP contribution in [0, 0.1) is 12.8 Å². The fourth-order valence-corrected chi connectivity index (χ4v) is 1.96. The number of aryl methyl sites for hydroxylation is 1. The van der Waals surface area contributed by atoms with E-state index in [0.717, 1.165) is 12.8 Å². The maximum Gasteiger partial charge on any atom is 0.341 e. The Balaban J connectivity index is 2.76. The molecule has 0 saturated carbocycles. The molecule has 1 unspecified atom stereocenters. The lowest BCUT2D eigenvalue weighted by molar-refractivity contribution is 0.0696. The molecule has 0 amide bonds. The average molecular weight is 267 g/mol. The third-order valence-electron chi connectivity index (χ3n) is 3.21. The van der Waals surface area contributed by atoms with Crippen molar-refractivity contribution in [2.24, 2.45) is 5.92 Å². The van der Waals surface area contributed by atoms with Crippen molar-refractivity contribution >= 4 is 11.8 Å². The van der Waals surface area contributed by atoms with Gasteiger partial charge in [-0.25, -0.2) is 14.8 Å².